The average Bonchev–Trinajstić information content (AvgIpc) is 2.39. The van der Waals surface area contributed by atoms with Crippen molar-refractivity contribution in [2.45, 2.75) is 19.4 Å². The zero-order valence-electron chi connectivity index (χ0n) is 6.41. The molecule has 11 heavy (non-hydrogen) atoms. The molecule has 1 aromatic rings. The zero-order valence-corrected chi connectivity index (χ0v) is 7.23. The lowest BCUT2D eigenvalue weighted by Crippen LogP contribution is -2.27. The van der Waals surface area contributed by atoms with Crippen molar-refractivity contribution in [3.8, 4) is 0 Å². The summed E-state index contributed by atoms with van der Waals surface area (Å²) < 4.78 is 0. The van der Waals surface area contributed by atoms with Crippen molar-refractivity contribution >= 4 is 17.1 Å². The third-order valence-electron chi connectivity index (χ3n) is 1.47. The van der Waals surface area contributed by atoms with E-state index in [4.69, 9.17) is 5.73 Å². The molecular formula is C8H11NOS. The highest BCUT2D eigenvalue weighted by Crippen LogP contribution is 2.07. The van der Waals surface area contributed by atoms with Gasteiger partial charge in [0.1, 0.15) is 0 Å². The minimum atomic E-state index is -0.338. The molecule has 0 radical (unpaired) electrons. The van der Waals surface area contributed by atoms with Crippen molar-refractivity contribution < 1.29 is 4.79 Å². The molecule has 0 saturated heterocycles. The Morgan fingerprint density at radius 1 is 1.82 bits per heavy atom. The third kappa shape index (κ3) is 2.44. The summed E-state index contributed by atoms with van der Waals surface area (Å²) in [6, 6.07) is 1.61. The molecule has 2 nitrogen and oxygen atoms in total. The van der Waals surface area contributed by atoms with Crippen LogP contribution in [0.1, 0.15) is 12.5 Å². The lowest BCUT2D eigenvalue weighted by molar-refractivity contribution is -0.119. The minimum absolute atomic E-state index is 0.100. The average molecular weight is 169 g/mol. The van der Waals surface area contributed by atoms with Crippen LogP contribution in [0.4, 0.5) is 0 Å². The van der Waals surface area contributed by atoms with E-state index in [1.807, 2.05) is 16.8 Å². The summed E-state index contributed by atoms with van der Waals surface area (Å²) in [5.41, 5.74) is 6.47. The van der Waals surface area contributed by atoms with Gasteiger partial charge in [-0.25, -0.2) is 0 Å². The van der Waals surface area contributed by atoms with Crippen LogP contribution >= 0.6 is 11.3 Å². The summed E-state index contributed by atoms with van der Waals surface area (Å²) in [4.78, 5) is 11.1. The second kappa shape index (κ2) is 3.64. The Bertz CT molecular complexity index is 228. The second-order valence-electron chi connectivity index (χ2n) is 2.56. The van der Waals surface area contributed by atoms with Crippen molar-refractivity contribution in [2.24, 2.45) is 5.73 Å². The lowest BCUT2D eigenvalue weighted by Gasteiger charge is -2.00. The molecule has 0 aliphatic rings. The quantitative estimate of drug-likeness (QED) is 0.739. The van der Waals surface area contributed by atoms with Crippen molar-refractivity contribution in [2.75, 3.05) is 0 Å². The van der Waals surface area contributed by atoms with Crippen LogP contribution < -0.4 is 5.73 Å². The fourth-order valence-corrected chi connectivity index (χ4v) is 1.42. The number of rotatable bonds is 3. The third-order valence-corrected chi connectivity index (χ3v) is 2.20. The van der Waals surface area contributed by atoms with E-state index < -0.39 is 0 Å². The molecule has 0 unspecified atom stereocenters. The molecule has 1 rings (SSSR count). The molecule has 1 aromatic heterocycles. The van der Waals surface area contributed by atoms with Gasteiger partial charge >= 0.3 is 0 Å². The first kappa shape index (κ1) is 8.43. The van der Waals surface area contributed by atoms with Crippen molar-refractivity contribution in [1.29, 1.82) is 0 Å². The number of nitrogens with two attached hydrogens (primary N) is 1. The van der Waals surface area contributed by atoms with E-state index in [2.05, 4.69) is 0 Å². The number of hydrogen-bond acceptors (Lipinski definition) is 3. The van der Waals surface area contributed by atoms with Gasteiger partial charge < -0.3 is 5.73 Å². The van der Waals surface area contributed by atoms with Gasteiger partial charge in [-0.05, 0) is 29.3 Å². The summed E-state index contributed by atoms with van der Waals surface area (Å²) in [5, 5.41) is 3.93. The zero-order chi connectivity index (χ0) is 8.27. The van der Waals surface area contributed by atoms with Crippen LogP contribution in [-0.2, 0) is 11.2 Å². The number of thiophene rings is 1. The monoisotopic (exact) mass is 169 g/mol. The summed E-state index contributed by atoms with van der Waals surface area (Å²) in [6.07, 6.45) is 0.473. The SMILES string of the molecule is C[C@H](N)C(=O)Cc1ccsc1. The Hall–Kier alpha value is -0.670. The maximum absolute atomic E-state index is 11.1. The lowest BCUT2D eigenvalue weighted by atomic mass is 10.1. The van der Waals surface area contributed by atoms with Crippen LogP contribution in [0.2, 0.25) is 0 Å². The Balaban J connectivity index is 2.50. The molecule has 0 bridgehead atoms. The van der Waals surface area contributed by atoms with Crippen LogP contribution in [0.3, 0.4) is 0 Å². The van der Waals surface area contributed by atoms with Crippen LogP contribution in [0.15, 0.2) is 16.8 Å². The number of ketones is 1. The first-order valence-corrected chi connectivity index (χ1v) is 4.44. The molecule has 60 valence electrons. The molecule has 2 N–H and O–H groups in total. The Kier molecular flexibility index (Phi) is 2.79. The van der Waals surface area contributed by atoms with Gasteiger partial charge in [0.25, 0.3) is 0 Å². The highest BCUT2D eigenvalue weighted by molar-refractivity contribution is 7.07. The predicted molar refractivity (Wildman–Crippen MR) is 46.7 cm³/mol. The Morgan fingerprint density at radius 2 is 2.55 bits per heavy atom. The van der Waals surface area contributed by atoms with E-state index in [-0.39, 0.29) is 11.8 Å². The smallest absolute Gasteiger partial charge is 0.153 e. The number of Topliss-reactive ketones (excluding diaryl/α,β-unsaturated/α-hetero) is 1. The van der Waals surface area contributed by atoms with Gasteiger partial charge in [0, 0.05) is 6.42 Å². The van der Waals surface area contributed by atoms with E-state index in [9.17, 15) is 4.79 Å². The topological polar surface area (TPSA) is 43.1 Å². The molecule has 1 atom stereocenters. The fraction of sp³-hybridized carbons (Fsp3) is 0.375. The van der Waals surface area contributed by atoms with Crippen molar-refractivity contribution in [1.82, 2.24) is 0 Å². The van der Waals surface area contributed by atoms with E-state index >= 15 is 0 Å². The van der Waals surface area contributed by atoms with Crippen molar-refractivity contribution in [3.63, 3.8) is 0 Å². The van der Waals surface area contributed by atoms with E-state index in [0.29, 0.717) is 6.42 Å². The van der Waals surface area contributed by atoms with Gasteiger partial charge in [-0.2, -0.15) is 11.3 Å². The van der Waals surface area contributed by atoms with Gasteiger partial charge in [-0.15, -0.1) is 0 Å². The first-order chi connectivity index (χ1) is 5.20. The first-order valence-electron chi connectivity index (χ1n) is 3.49. The molecular weight excluding hydrogens is 158 g/mol. The highest BCUT2D eigenvalue weighted by Gasteiger charge is 2.07. The van der Waals surface area contributed by atoms with E-state index in [1.165, 1.54) is 0 Å². The molecule has 0 fully saturated rings. The normalized spacial score (nSPS) is 12.9. The van der Waals surface area contributed by atoms with Crippen LogP contribution in [0.25, 0.3) is 0 Å². The molecule has 0 saturated carbocycles. The molecule has 0 spiro atoms. The maximum atomic E-state index is 11.1. The van der Waals surface area contributed by atoms with Gasteiger partial charge in [-0.3, -0.25) is 4.79 Å². The largest absolute Gasteiger partial charge is 0.322 e. The molecule has 0 aliphatic carbocycles. The maximum Gasteiger partial charge on any atom is 0.153 e. The summed E-state index contributed by atoms with van der Waals surface area (Å²) >= 11 is 1.60. The molecule has 0 amide bonds. The summed E-state index contributed by atoms with van der Waals surface area (Å²) in [5.74, 6) is 0.100. The molecule has 0 aliphatic heterocycles. The predicted octanol–water partition coefficient (Wildman–Crippen LogP) is 1.21. The van der Waals surface area contributed by atoms with Crippen LogP contribution in [-0.4, -0.2) is 11.8 Å². The highest BCUT2D eigenvalue weighted by atomic mass is 32.1. The number of carbonyl (C=O) groups is 1. The fourth-order valence-electron chi connectivity index (χ4n) is 0.755. The van der Waals surface area contributed by atoms with Crippen LogP contribution in [0, 0.1) is 0 Å². The van der Waals surface area contributed by atoms with Gasteiger partial charge in [0.2, 0.25) is 0 Å². The molecule has 1 heterocycles. The van der Waals surface area contributed by atoms with Crippen molar-refractivity contribution in [3.05, 3.63) is 22.4 Å². The van der Waals surface area contributed by atoms with Gasteiger partial charge in [0.05, 0.1) is 6.04 Å². The molecule has 3 heteroatoms. The van der Waals surface area contributed by atoms with E-state index in [1.54, 1.807) is 18.3 Å². The van der Waals surface area contributed by atoms with Gasteiger partial charge in [-0.1, -0.05) is 0 Å². The van der Waals surface area contributed by atoms with E-state index in [0.717, 1.165) is 5.56 Å². The Morgan fingerprint density at radius 3 is 3.00 bits per heavy atom. The summed E-state index contributed by atoms with van der Waals surface area (Å²) in [7, 11) is 0. The summed E-state index contributed by atoms with van der Waals surface area (Å²) in [6.45, 7) is 1.72. The standard InChI is InChI=1S/C8H11NOS/c1-6(9)8(10)4-7-2-3-11-5-7/h2-3,5-6H,4,9H2,1H3/t6-/m0/s1. The van der Waals surface area contributed by atoms with Gasteiger partial charge in [0.15, 0.2) is 5.78 Å². The van der Waals surface area contributed by atoms with Crippen LogP contribution in [0.5, 0.6) is 0 Å². The minimum Gasteiger partial charge on any atom is -0.322 e. The molecule has 0 aromatic carbocycles. The second-order valence-corrected chi connectivity index (χ2v) is 3.34. The number of carbonyl (C=O) groups excluding carboxylic acids is 1. The number of hydrogen-bond donors (Lipinski definition) is 1. The Labute approximate surface area is 70.0 Å².